The first-order valence-corrected chi connectivity index (χ1v) is 7.34. The molecule has 1 aliphatic heterocycles. The van der Waals surface area contributed by atoms with Crippen LogP contribution < -0.4 is 15.4 Å². The maximum Gasteiger partial charge on any atom is 0.255 e. The van der Waals surface area contributed by atoms with Crippen LogP contribution >= 0.6 is 0 Å². The minimum absolute atomic E-state index is 0.0533. The molecule has 1 heterocycles. The molecule has 110 valence electrons. The molecule has 1 amide bonds. The van der Waals surface area contributed by atoms with Crippen LogP contribution in [0.15, 0.2) is 18.2 Å². The molecular formula is C16H24N2O2. The molecule has 0 aliphatic carbocycles. The van der Waals surface area contributed by atoms with Gasteiger partial charge in [-0.05, 0) is 50.4 Å². The predicted octanol–water partition coefficient (Wildman–Crippen LogP) is 2.26. The molecule has 2 rings (SSSR count). The number of benzene rings is 1. The van der Waals surface area contributed by atoms with Crippen LogP contribution in [0.5, 0.6) is 5.75 Å². The molecule has 1 saturated heterocycles. The van der Waals surface area contributed by atoms with Gasteiger partial charge in [0.05, 0.1) is 12.7 Å². The van der Waals surface area contributed by atoms with Crippen molar-refractivity contribution in [2.24, 2.45) is 0 Å². The Bertz CT molecular complexity index is 468. The molecule has 1 aliphatic rings. The summed E-state index contributed by atoms with van der Waals surface area (Å²) < 4.78 is 5.31. The van der Waals surface area contributed by atoms with Gasteiger partial charge >= 0.3 is 0 Å². The van der Waals surface area contributed by atoms with Crippen LogP contribution in [0.25, 0.3) is 0 Å². The zero-order chi connectivity index (χ0) is 14.5. The minimum Gasteiger partial charge on any atom is -0.496 e. The normalized spacial score (nSPS) is 19.6. The molecule has 2 unspecified atom stereocenters. The van der Waals surface area contributed by atoms with Crippen LogP contribution in [0, 0.1) is 6.92 Å². The van der Waals surface area contributed by atoms with Gasteiger partial charge < -0.3 is 15.4 Å². The number of carbonyl (C=O) groups excluding carboxylic acids is 1. The van der Waals surface area contributed by atoms with E-state index >= 15 is 0 Å². The average Bonchev–Trinajstić information content (AvgIpc) is 2.98. The SMILES string of the molecule is CCC(NC(=O)c1ccc(C)cc1OC)C1CCCN1. The van der Waals surface area contributed by atoms with Gasteiger partial charge in [-0.1, -0.05) is 13.0 Å². The molecule has 0 bridgehead atoms. The highest BCUT2D eigenvalue weighted by Crippen LogP contribution is 2.20. The van der Waals surface area contributed by atoms with Gasteiger partial charge in [0, 0.05) is 12.1 Å². The number of methoxy groups -OCH3 is 1. The summed E-state index contributed by atoms with van der Waals surface area (Å²) in [6.45, 7) is 5.14. The average molecular weight is 276 g/mol. The molecule has 0 spiro atoms. The number of amides is 1. The van der Waals surface area contributed by atoms with E-state index in [2.05, 4.69) is 17.6 Å². The fourth-order valence-electron chi connectivity index (χ4n) is 2.77. The fourth-order valence-corrected chi connectivity index (χ4v) is 2.77. The van der Waals surface area contributed by atoms with Crippen molar-refractivity contribution in [3.8, 4) is 5.75 Å². The molecule has 2 atom stereocenters. The summed E-state index contributed by atoms with van der Waals surface area (Å²) in [6.07, 6.45) is 3.24. The first-order valence-electron chi connectivity index (χ1n) is 7.34. The number of carbonyl (C=O) groups is 1. The number of nitrogens with one attached hydrogen (secondary N) is 2. The third kappa shape index (κ3) is 3.31. The Hall–Kier alpha value is -1.55. The van der Waals surface area contributed by atoms with Crippen LogP contribution in [0.1, 0.15) is 42.1 Å². The van der Waals surface area contributed by atoms with Gasteiger partial charge in [-0.2, -0.15) is 0 Å². The van der Waals surface area contributed by atoms with Crippen molar-refractivity contribution in [2.75, 3.05) is 13.7 Å². The van der Waals surface area contributed by atoms with E-state index in [1.54, 1.807) is 7.11 Å². The molecule has 0 radical (unpaired) electrons. The fraction of sp³-hybridized carbons (Fsp3) is 0.562. The molecule has 20 heavy (non-hydrogen) atoms. The number of hydrogen-bond acceptors (Lipinski definition) is 3. The van der Waals surface area contributed by atoms with Gasteiger partial charge in [0.25, 0.3) is 5.91 Å². The van der Waals surface area contributed by atoms with Crippen LogP contribution in [-0.2, 0) is 0 Å². The van der Waals surface area contributed by atoms with E-state index in [1.807, 2.05) is 25.1 Å². The second-order valence-corrected chi connectivity index (χ2v) is 5.39. The zero-order valence-corrected chi connectivity index (χ0v) is 12.5. The number of aryl methyl sites for hydroxylation is 1. The van der Waals surface area contributed by atoms with Crippen molar-refractivity contribution in [1.82, 2.24) is 10.6 Å². The Balaban J connectivity index is 2.10. The molecule has 1 aromatic rings. The third-order valence-electron chi connectivity index (χ3n) is 3.94. The quantitative estimate of drug-likeness (QED) is 0.867. The molecule has 1 fully saturated rings. The van der Waals surface area contributed by atoms with Gasteiger partial charge in [0.1, 0.15) is 5.75 Å². The highest BCUT2D eigenvalue weighted by atomic mass is 16.5. The van der Waals surface area contributed by atoms with Gasteiger partial charge in [-0.15, -0.1) is 0 Å². The second kappa shape index (κ2) is 6.75. The summed E-state index contributed by atoms with van der Waals surface area (Å²) in [4.78, 5) is 12.4. The molecule has 4 heteroatoms. The van der Waals surface area contributed by atoms with E-state index in [-0.39, 0.29) is 11.9 Å². The first kappa shape index (κ1) is 14.9. The van der Waals surface area contributed by atoms with Crippen molar-refractivity contribution >= 4 is 5.91 Å². The number of ether oxygens (including phenoxy) is 1. The lowest BCUT2D eigenvalue weighted by molar-refractivity contribution is 0.0924. The standard InChI is InChI=1S/C16H24N2O2/c1-4-13(14-6-5-9-17-14)18-16(19)12-8-7-11(2)10-15(12)20-3/h7-8,10,13-14,17H,4-6,9H2,1-3H3,(H,18,19). The van der Waals surface area contributed by atoms with Crippen LogP contribution in [-0.4, -0.2) is 31.6 Å². The van der Waals surface area contributed by atoms with E-state index in [0.717, 1.165) is 24.9 Å². The topological polar surface area (TPSA) is 50.4 Å². The summed E-state index contributed by atoms with van der Waals surface area (Å²) in [5, 5.41) is 6.59. The van der Waals surface area contributed by atoms with Crippen molar-refractivity contribution < 1.29 is 9.53 Å². The lowest BCUT2D eigenvalue weighted by atomic mass is 10.0. The van der Waals surface area contributed by atoms with E-state index < -0.39 is 0 Å². The van der Waals surface area contributed by atoms with Crippen LogP contribution in [0.2, 0.25) is 0 Å². The van der Waals surface area contributed by atoms with Gasteiger partial charge in [-0.3, -0.25) is 4.79 Å². The Kier molecular flexibility index (Phi) is 5.01. The highest BCUT2D eigenvalue weighted by Gasteiger charge is 2.25. The third-order valence-corrected chi connectivity index (χ3v) is 3.94. The van der Waals surface area contributed by atoms with Crippen molar-refractivity contribution in [1.29, 1.82) is 0 Å². The minimum atomic E-state index is -0.0533. The molecule has 2 N–H and O–H groups in total. The summed E-state index contributed by atoms with van der Waals surface area (Å²) in [5.41, 5.74) is 1.69. The number of hydrogen-bond donors (Lipinski definition) is 2. The molecule has 0 aromatic heterocycles. The maximum atomic E-state index is 12.4. The second-order valence-electron chi connectivity index (χ2n) is 5.39. The van der Waals surface area contributed by atoms with Crippen molar-refractivity contribution in [3.05, 3.63) is 29.3 Å². The smallest absolute Gasteiger partial charge is 0.255 e. The van der Waals surface area contributed by atoms with E-state index in [1.165, 1.54) is 6.42 Å². The van der Waals surface area contributed by atoms with Crippen molar-refractivity contribution in [3.63, 3.8) is 0 Å². The molecule has 0 saturated carbocycles. The van der Waals surface area contributed by atoms with Gasteiger partial charge in [0.15, 0.2) is 0 Å². The lowest BCUT2D eigenvalue weighted by Crippen LogP contribution is -2.47. The lowest BCUT2D eigenvalue weighted by Gasteiger charge is -2.24. The Morgan fingerprint density at radius 2 is 2.35 bits per heavy atom. The summed E-state index contributed by atoms with van der Waals surface area (Å²) in [6, 6.07) is 6.23. The Morgan fingerprint density at radius 3 is 2.95 bits per heavy atom. The maximum absolute atomic E-state index is 12.4. The monoisotopic (exact) mass is 276 g/mol. The van der Waals surface area contributed by atoms with Crippen molar-refractivity contribution in [2.45, 2.75) is 45.2 Å². The van der Waals surface area contributed by atoms with E-state index in [4.69, 9.17) is 4.74 Å². The van der Waals surface area contributed by atoms with E-state index in [0.29, 0.717) is 17.4 Å². The Morgan fingerprint density at radius 1 is 1.55 bits per heavy atom. The summed E-state index contributed by atoms with van der Waals surface area (Å²) in [7, 11) is 1.60. The first-order chi connectivity index (χ1) is 9.65. The molecular weight excluding hydrogens is 252 g/mol. The summed E-state index contributed by atoms with van der Waals surface area (Å²) >= 11 is 0. The van der Waals surface area contributed by atoms with E-state index in [9.17, 15) is 4.79 Å². The predicted molar refractivity (Wildman–Crippen MR) is 80.3 cm³/mol. The molecule has 1 aromatic carbocycles. The zero-order valence-electron chi connectivity index (χ0n) is 12.5. The van der Waals surface area contributed by atoms with Gasteiger partial charge in [-0.25, -0.2) is 0 Å². The number of rotatable bonds is 5. The Labute approximate surface area is 120 Å². The largest absolute Gasteiger partial charge is 0.496 e. The van der Waals surface area contributed by atoms with Crippen LogP contribution in [0.4, 0.5) is 0 Å². The van der Waals surface area contributed by atoms with Crippen LogP contribution in [0.3, 0.4) is 0 Å². The highest BCUT2D eigenvalue weighted by molar-refractivity contribution is 5.97. The van der Waals surface area contributed by atoms with Gasteiger partial charge in [0.2, 0.25) is 0 Å². The molecule has 4 nitrogen and oxygen atoms in total. The summed E-state index contributed by atoms with van der Waals surface area (Å²) in [5.74, 6) is 0.583.